The van der Waals surface area contributed by atoms with Gasteiger partial charge in [-0.2, -0.15) is 0 Å². The van der Waals surface area contributed by atoms with Crippen molar-refractivity contribution in [3.05, 3.63) is 0 Å². The van der Waals surface area contributed by atoms with Crippen LogP contribution >= 0.6 is 16.1 Å². The zero-order valence-electron chi connectivity index (χ0n) is 8.97. The first-order chi connectivity index (χ1) is 5.14. The van der Waals surface area contributed by atoms with Crippen LogP contribution in [0.1, 0.15) is 20.8 Å². The van der Waals surface area contributed by atoms with Gasteiger partial charge in [0.05, 0.1) is 5.41 Å². The molecule has 0 aromatic heterocycles. The Morgan fingerprint density at radius 1 is 1.00 bits per heavy atom. The summed E-state index contributed by atoms with van der Waals surface area (Å²) in [6.07, 6.45) is 0. The van der Waals surface area contributed by atoms with Crippen LogP contribution in [-0.2, 0) is 9.13 Å². The van der Waals surface area contributed by atoms with Gasteiger partial charge >= 0.3 is 80.3 Å². The third kappa shape index (κ3) is 4.52. The maximum absolute atomic E-state index is 10.5. The normalized spacial score (nSPS) is 17.0. The van der Waals surface area contributed by atoms with Gasteiger partial charge in [0, 0.05) is 0 Å². The monoisotopic (exact) mass is 258 g/mol. The van der Waals surface area contributed by atoms with Crippen molar-refractivity contribution in [1.82, 2.24) is 0 Å². The van der Waals surface area contributed by atoms with Crippen molar-refractivity contribution in [1.29, 1.82) is 0 Å². The first kappa shape index (κ1) is 21.4. The fourth-order valence-electron chi connectivity index (χ4n) is 0.614. The van der Waals surface area contributed by atoms with Gasteiger partial charge in [0.15, 0.2) is 0 Å². The molecule has 0 aliphatic rings. The van der Waals surface area contributed by atoms with Gasteiger partial charge in [-0.15, -0.1) is 0 Å². The fourth-order valence-corrected chi connectivity index (χ4v) is 2.24. The van der Waals surface area contributed by atoms with Crippen molar-refractivity contribution >= 4 is 16.1 Å². The molecule has 2 unspecified atom stereocenters. The second-order valence-corrected chi connectivity index (χ2v) is 6.08. The van der Waals surface area contributed by atoms with Crippen LogP contribution in [0.2, 0.25) is 0 Å². The quantitative estimate of drug-likeness (QED) is 0.392. The van der Waals surface area contributed by atoms with Crippen molar-refractivity contribution in [3.8, 4) is 0 Å². The molecule has 5 nitrogen and oxygen atoms in total. The smallest absolute Gasteiger partial charge is 0.589 e. The Balaban J connectivity index is -0.000000605. The first-order valence-corrected chi connectivity index (χ1v) is 5.51. The van der Waals surface area contributed by atoms with E-state index in [4.69, 9.17) is 0 Å². The molecule has 14 heavy (non-hydrogen) atoms. The van der Waals surface area contributed by atoms with Crippen LogP contribution in [0.4, 0.5) is 0 Å². The molecule has 0 rings (SSSR count). The van der Waals surface area contributed by atoms with E-state index in [9.17, 15) is 24.0 Å². The minimum Gasteiger partial charge on any atom is -0.589 e. The summed E-state index contributed by atoms with van der Waals surface area (Å²) in [6, 6.07) is 0. The van der Waals surface area contributed by atoms with Gasteiger partial charge in [-0.25, -0.2) is 0 Å². The largest absolute Gasteiger partial charge is 1.00 e. The third-order valence-electron chi connectivity index (χ3n) is 1.52. The predicted octanol–water partition coefficient (Wildman–Crippen LogP) is -6.11. The topological polar surface area (TPSA) is 100 Å². The van der Waals surface area contributed by atoms with Crippen LogP contribution in [0.3, 0.4) is 0 Å². The number of aliphatic hydroxyl groups is 1. The number of rotatable bonds is 2. The zero-order chi connectivity index (χ0) is 10.2. The van der Waals surface area contributed by atoms with E-state index in [0.717, 1.165) is 0 Å². The molecule has 0 bridgehead atoms. The Kier molecular flexibility index (Phi) is 11.3. The van der Waals surface area contributed by atoms with Crippen LogP contribution < -0.4 is 68.9 Å². The van der Waals surface area contributed by atoms with E-state index in [0.29, 0.717) is 0 Å². The molecule has 0 aliphatic heterocycles. The van der Waals surface area contributed by atoms with E-state index in [1.54, 1.807) is 0 Å². The average molecular weight is 258 g/mol. The molecular weight excluding hydrogens is 248 g/mol. The summed E-state index contributed by atoms with van der Waals surface area (Å²) in [6.45, 7) is 4.01. The molecule has 0 spiro atoms. The van der Waals surface area contributed by atoms with E-state index < -0.39 is 26.6 Å². The van der Waals surface area contributed by atoms with Crippen LogP contribution in [0.15, 0.2) is 0 Å². The summed E-state index contributed by atoms with van der Waals surface area (Å²) >= 11 is 0. The van der Waals surface area contributed by atoms with Gasteiger partial charge in [0.25, 0.3) is 0 Å². The molecular formula is C5H10Na2O5P2+2. The van der Waals surface area contributed by atoms with Gasteiger partial charge < -0.3 is 14.9 Å². The molecule has 0 aromatic rings. The van der Waals surface area contributed by atoms with Gasteiger partial charge in [0.1, 0.15) is 0 Å². The Bertz CT molecular complexity index is 213. The standard InChI is InChI=1S/C5H10O5P2.2Na/c1-4(2,3)5(6,11(7)8)12(9)10;;/h6H,1-3H3;;/q;2*+1. The van der Waals surface area contributed by atoms with Gasteiger partial charge in [0.2, 0.25) is 0 Å². The minimum atomic E-state index is -3.41. The first-order valence-electron chi connectivity index (χ1n) is 3.15. The van der Waals surface area contributed by atoms with Gasteiger partial charge in [-0.3, -0.25) is 0 Å². The van der Waals surface area contributed by atoms with Crippen LogP contribution in [-0.4, -0.2) is 10.2 Å². The Labute approximate surface area is 129 Å². The fraction of sp³-hybridized carbons (Fsp3) is 1.00. The summed E-state index contributed by atoms with van der Waals surface area (Å²) in [5.74, 6) is 0. The average Bonchev–Trinajstić information content (AvgIpc) is 1.82. The minimum absolute atomic E-state index is 0. The summed E-state index contributed by atoms with van der Waals surface area (Å²) in [5.41, 5.74) is -1.24. The summed E-state index contributed by atoms with van der Waals surface area (Å²) in [7, 11) is -6.83. The molecule has 0 fully saturated rings. The SMILES string of the molecule is CC(C)(C)C(O)([P+](=O)[O-])[P+](=O)[O-].[Na+].[Na+]. The van der Waals surface area contributed by atoms with Crippen molar-refractivity contribution in [2.24, 2.45) is 5.41 Å². The molecule has 0 saturated heterocycles. The number of hydrogen-bond acceptors (Lipinski definition) is 5. The summed E-state index contributed by atoms with van der Waals surface area (Å²) in [4.78, 5) is 21.0. The Morgan fingerprint density at radius 2 is 1.21 bits per heavy atom. The molecule has 0 aliphatic carbocycles. The van der Waals surface area contributed by atoms with Crippen molar-refractivity contribution < 1.29 is 83.1 Å². The molecule has 1 N–H and O–H groups in total. The third-order valence-corrected chi connectivity index (χ3v) is 4.86. The molecule has 0 radical (unpaired) electrons. The molecule has 0 amide bonds. The van der Waals surface area contributed by atoms with E-state index in [-0.39, 0.29) is 59.1 Å². The second-order valence-electron chi connectivity index (χ2n) is 3.40. The molecule has 9 heteroatoms. The van der Waals surface area contributed by atoms with Gasteiger partial charge in [-0.1, -0.05) is 9.13 Å². The maximum Gasteiger partial charge on any atom is 1.00 e. The van der Waals surface area contributed by atoms with Crippen LogP contribution in [0.25, 0.3) is 0 Å². The summed E-state index contributed by atoms with van der Waals surface area (Å²) < 4.78 is 21.0. The molecule has 2 atom stereocenters. The maximum atomic E-state index is 10.5. The van der Waals surface area contributed by atoms with E-state index in [1.165, 1.54) is 20.8 Å². The van der Waals surface area contributed by atoms with Crippen molar-refractivity contribution in [2.75, 3.05) is 0 Å². The van der Waals surface area contributed by atoms with Crippen LogP contribution in [0.5, 0.6) is 0 Å². The second kappa shape index (κ2) is 7.41. The van der Waals surface area contributed by atoms with Crippen molar-refractivity contribution in [3.63, 3.8) is 0 Å². The molecule has 0 saturated carbocycles. The number of hydrogen-bond donors (Lipinski definition) is 1. The van der Waals surface area contributed by atoms with E-state index >= 15 is 0 Å². The van der Waals surface area contributed by atoms with Gasteiger partial charge in [-0.05, 0) is 20.8 Å². The predicted molar refractivity (Wildman–Crippen MR) is 39.6 cm³/mol. The zero-order valence-corrected chi connectivity index (χ0v) is 14.8. The molecule has 0 heterocycles. The Morgan fingerprint density at radius 3 is 1.21 bits per heavy atom. The van der Waals surface area contributed by atoms with Crippen molar-refractivity contribution in [2.45, 2.75) is 25.9 Å². The molecule has 70 valence electrons. The molecule has 0 aromatic carbocycles. The van der Waals surface area contributed by atoms with E-state index in [1.807, 2.05) is 0 Å². The van der Waals surface area contributed by atoms with E-state index in [2.05, 4.69) is 0 Å². The summed E-state index contributed by atoms with van der Waals surface area (Å²) in [5, 5.41) is 6.65. The Hall–Kier alpha value is 2.08. The van der Waals surface area contributed by atoms with Crippen LogP contribution in [0, 0.1) is 5.41 Å².